The molecule has 1 aromatic carbocycles. The molecule has 0 bridgehead atoms. The first-order valence-corrected chi connectivity index (χ1v) is 6.83. The van der Waals surface area contributed by atoms with Crippen LogP contribution < -0.4 is 5.32 Å². The molecule has 3 nitrogen and oxygen atoms in total. The molecule has 0 amide bonds. The molecule has 2 aromatic rings. The van der Waals surface area contributed by atoms with Crippen LogP contribution >= 0.6 is 0 Å². The van der Waals surface area contributed by atoms with Gasteiger partial charge in [0.25, 0.3) is 0 Å². The minimum absolute atomic E-state index is 0.0309. The van der Waals surface area contributed by atoms with Crippen LogP contribution in [-0.4, -0.2) is 22.2 Å². The van der Waals surface area contributed by atoms with Crippen molar-refractivity contribution in [1.82, 2.24) is 10.3 Å². The number of aliphatic hydroxyl groups excluding tert-OH is 1. The normalized spacial score (nSPS) is 25.2. The molecular weight excluding hydrogens is 236 g/mol. The molecule has 1 aromatic heterocycles. The fraction of sp³-hybridized carbons (Fsp3) is 0.438. The second-order valence-electron chi connectivity index (χ2n) is 6.00. The Balaban J connectivity index is 1.69. The Morgan fingerprint density at radius 2 is 2.05 bits per heavy atom. The molecule has 2 unspecified atom stereocenters. The molecule has 2 atom stereocenters. The van der Waals surface area contributed by atoms with Crippen LogP contribution in [0.1, 0.15) is 26.0 Å². The van der Waals surface area contributed by atoms with E-state index >= 15 is 0 Å². The van der Waals surface area contributed by atoms with Gasteiger partial charge in [-0.25, -0.2) is 0 Å². The average Bonchev–Trinajstić information content (AvgIpc) is 2.43. The van der Waals surface area contributed by atoms with Crippen LogP contribution in [0, 0.1) is 5.41 Å². The number of pyridine rings is 1. The number of benzene rings is 1. The zero-order chi connectivity index (χ0) is 13.5. The highest BCUT2D eigenvalue weighted by Crippen LogP contribution is 2.40. The van der Waals surface area contributed by atoms with Crippen molar-refractivity contribution < 1.29 is 5.11 Å². The third-order valence-electron chi connectivity index (χ3n) is 4.40. The summed E-state index contributed by atoms with van der Waals surface area (Å²) in [6.07, 6.45) is 0.648. The van der Waals surface area contributed by atoms with Gasteiger partial charge in [0.2, 0.25) is 0 Å². The summed E-state index contributed by atoms with van der Waals surface area (Å²) in [4.78, 5) is 4.65. The molecule has 0 spiro atoms. The van der Waals surface area contributed by atoms with Crippen molar-refractivity contribution in [2.24, 2.45) is 5.41 Å². The summed E-state index contributed by atoms with van der Waals surface area (Å²) in [6.45, 7) is 4.96. The third-order valence-corrected chi connectivity index (χ3v) is 4.40. The summed E-state index contributed by atoms with van der Waals surface area (Å²) in [5.74, 6) is 0. The van der Waals surface area contributed by atoms with E-state index in [2.05, 4.69) is 42.3 Å². The number of hydrogen-bond acceptors (Lipinski definition) is 3. The van der Waals surface area contributed by atoms with Crippen LogP contribution in [0.2, 0.25) is 0 Å². The SMILES string of the molecule is CC1(C)C(O)CC1NCc1ccc2ccccc2n1. The van der Waals surface area contributed by atoms with E-state index < -0.39 is 0 Å². The summed E-state index contributed by atoms with van der Waals surface area (Å²) in [7, 11) is 0. The first-order valence-electron chi connectivity index (χ1n) is 6.83. The number of aliphatic hydroxyl groups is 1. The van der Waals surface area contributed by atoms with Crippen molar-refractivity contribution in [3.05, 3.63) is 42.1 Å². The van der Waals surface area contributed by atoms with Crippen LogP contribution in [0.4, 0.5) is 0 Å². The van der Waals surface area contributed by atoms with Gasteiger partial charge in [-0.1, -0.05) is 38.1 Å². The van der Waals surface area contributed by atoms with Gasteiger partial charge in [-0.2, -0.15) is 0 Å². The molecule has 1 fully saturated rings. The molecule has 1 aliphatic carbocycles. The molecular formula is C16H20N2O. The van der Waals surface area contributed by atoms with E-state index in [0.717, 1.165) is 24.2 Å². The molecule has 0 radical (unpaired) electrons. The second kappa shape index (κ2) is 4.58. The minimum atomic E-state index is -0.186. The summed E-state index contributed by atoms with van der Waals surface area (Å²) in [5.41, 5.74) is 2.06. The molecule has 100 valence electrons. The van der Waals surface area contributed by atoms with Crippen LogP contribution in [0.15, 0.2) is 36.4 Å². The van der Waals surface area contributed by atoms with E-state index in [-0.39, 0.29) is 11.5 Å². The van der Waals surface area contributed by atoms with Crippen molar-refractivity contribution in [3.63, 3.8) is 0 Å². The molecule has 2 N–H and O–H groups in total. The largest absolute Gasteiger partial charge is 0.392 e. The van der Waals surface area contributed by atoms with E-state index in [0.29, 0.717) is 6.04 Å². The Bertz CT molecular complexity index is 594. The smallest absolute Gasteiger partial charge is 0.0705 e. The highest BCUT2D eigenvalue weighted by atomic mass is 16.3. The molecule has 3 rings (SSSR count). The second-order valence-corrected chi connectivity index (χ2v) is 6.00. The van der Waals surface area contributed by atoms with E-state index in [1.165, 1.54) is 5.39 Å². The lowest BCUT2D eigenvalue weighted by molar-refractivity contribution is -0.0730. The van der Waals surface area contributed by atoms with Crippen LogP contribution in [0.25, 0.3) is 10.9 Å². The monoisotopic (exact) mass is 256 g/mol. The highest BCUT2D eigenvalue weighted by molar-refractivity contribution is 5.78. The number of fused-ring (bicyclic) bond motifs is 1. The summed E-state index contributed by atoms with van der Waals surface area (Å²) in [6, 6.07) is 12.7. The number of rotatable bonds is 3. The van der Waals surface area contributed by atoms with Crippen molar-refractivity contribution in [2.75, 3.05) is 0 Å². The van der Waals surface area contributed by atoms with Crippen molar-refractivity contribution in [2.45, 2.75) is 39.0 Å². The van der Waals surface area contributed by atoms with Gasteiger partial charge < -0.3 is 10.4 Å². The number of para-hydroxylation sites is 1. The van der Waals surface area contributed by atoms with Crippen molar-refractivity contribution in [3.8, 4) is 0 Å². The summed E-state index contributed by atoms with van der Waals surface area (Å²) >= 11 is 0. The maximum Gasteiger partial charge on any atom is 0.0705 e. The lowest BCUT2D eigenvalue weighted by Gasteiger charge is -2.49. The number of hydrogen-bond donors (Lipinski definition) is 2. The van der Waals surface area contributed by atoms with Gasteiger partial charge in [0.15, 0.2) is 0 Å². The molecule has 3 heteroatoms. The Morgan fingerprint density at radius 3 is 2.79 bits per heavy atom. The molecule has 1 saturated carbocycles. The van der Waals surface area contributed by atoms with Gasteiger partial charge in [-0.15, -0.1) is 0 Å². The van der Waals surface area contributed by atoms with Gasteiger partial charge in [0, 0.05) is 23.4 Å². The van der Waals surface area contributed by atoms with Crippen LogP contribution in [0.3, 0.4) is 0 Å². The Hall–Kier alpha value is -1.45. The summed E-state index contributed by atoms with van der Waals surface area (Å²) < 4.78 is 0. The number of aromatic nitrogens is 1. The van der Waals surface area contributed by atoms with E-state index in [1.807, 2.05) is 18.2 Å². The first kappa shape index (κ1) is 12.6. The van der Waals surface area contributed by atoms with Gasteiger partial charge in [0.05, 0.1) is 17.3 Å². The van der Waals surface area contributed by atoms with Crippen molar-refractivity contribution in [1.29, 1.82) is 0 Å². The molecule has 1 aliphatic rings. The van der Waals surface area contributed by atoms with Crippen LogP contribution in [0.5, 0.6) is 0 Å². The maximum atomic E-state index is 9.73. The van der Waals surface area contributed by atoms with Gasteiger partial charge in [0.1, 0.15) is 0 Å². The topological polar surface area (TPSA) is 45.1 Å². The predicted molar refractivity (Wildman–Crippen MR) is 76.8 cm³/mol. The maximum absolute atomic E-state index is 9.73. The van der Waals surface area contributed by atoms with Gasteiger partial charge in [-0.05, 0) is 18.6 Å². The van der Waals surface area contributed by atoms with E-state index in [4.69, 9.17) is 0 Å². The van der Waals surface area contributed by atoms with E-state index in [1.54, 1.807) is 0 Å². The highest BCUT2D eigenvalue weighted by Gasteiger charge is 2.46. The lowest BCUT2D eigenvalue weighted by atomic mass is 9.64. The fourth-order valence-electron chi connectivity index (χ4n) is 2.68. The zero-order valence-electron chi connectivity index (χ0n) is 11.4. The Morgan fingerprint density at radius 1 is 1.26 bits per heavy atom. The predicted octanol–water partition coefficient (Wildman–Crippen LogP) is 2.48. The van der Waals surface area contributed by atoms with Crippen LogP contribution in [-0.2, 0) is 6.54 Å². The quantitative estimate of drug-likeness (QED) is 0.887. The fourth-order valence-corrected chi connectivity index (χ4v) is 2.68. The molecule has 1 heterocycles. The van der Waals surface area contributed by atoms with Gasteiger partial charge in [-0.3, -0.25) is 4.98 Å². The molecule has 19 heavy (non-hydrogen) atoms. The van der Waals surface area contributed by atoms with Gasteiger partial charge >= 0.3 is 0 Å². The van der Waals surface area contributed by atoms with E-state index in [9.17, 15) is 5.11 Å². The Labute approximate surface area is 113 Å². The summed E-state index contributed by atoms with van der Waals surface area (Å²) in [5, 5.41) is 14.4. The first-order chi connectivity index (χ1) is 9.07. The minimum Gasteiger partial charge on any atom is -0.392 e. The Kier molecular flexibility index (Phi) is 3.03. The molecule has 0 saturated heterocycles. The van der Waals surface area contributed by atoms with Crippen molar-refractivity contribution >= 4 is 10.9 Å². The average molecular weight is 256 g/mol. The third kappa shape index (κ3) is 2.24. The number of nitrogens with zero attached hydrogens (tertiary/aromatic N) is 1. The lowest BCUT2D eigenvalue weighted by Crippen LogP contribution is -2.59. The zero-order valence-corrected chi connectivity index (χ0v) is 11.4. The molecule has 0 aliphatic heterocycles. The standard InChI is InChI=1S/C16H20N2O/c1-16(2)14(9-15(16)19)17-10-12-8-7-11-5-3-4-6-13(11)18-12/h3-8,14-15,17,19H,9-10H2,1-2H3. The number of nitrogens with one attached hydrogen (secondary N) is 1.